The van der Waals surface area contributed by atoms with Gasteiger partial charge in [0.15, 0.2) is 0 Å². The average Bonchev–Trinajstić information content (AvgIpc) is 2.47. The van der Waals surface area contributed by atoms with Gasteiger partial charge in [-0.1, -0.05) is 11.6 Å². The molecule has 0 atom stereocenters. The van der Waals surface area contributed by atoms with Crippen molar-refractivity contribution < 1.29 is 13.2 Å². The monoisotopic (exact) mass is 236 g/mol. The number of hydrogen-bond donors (Lipinski definition) is 0. The third-order valence-electron chi connectivity index (χ3n) is 1.90. The summed E-state index contributed by atoms with van der Waals surface area (Å²) in [5.74, 6) is -0.883. The molecular weight excluding hydrogens is 233 g/mol. The first-order valence-electron chi connectivity index (χ1n) is 3.74. The fraction of sp³-hybridized carbons (Fsp3) is 0.111. The second kappa shape index (κ2) is 3.44. The predicted molar refractivity (Wildman–Crippen MR) is 51.8 cm³/mol. The molecule has 5 heteroatoms. The van der Waals surface area contributed by atoms with Gasteiger partial charge in [-0.2, -0.15) is 0 Å². The molecule has 74 valence electrons. The van der Waals surface area contributed by atoms with E-state index in [-0.39, 0.29) is 4.70 Å². The van der Waals surface area contributed by atoms with E-state index in [0.29, 0.717) is 10.4 Å². The summed E-state index contributed by atoms with van der Waals surface area (Å²) in [5.41, 5.74) is -0.556. The van der Waals surface area contributed by atoms with Crippen LogP contribution in [0.3, 0.4) is 0 Å². The van der Waals surface area contributed by atoms with Gasteiger partial charge in [0.25, 0.3) is 6.43 Å². The van der Waals surface area contributed by atoms with Gasteiger partial charge in [-0.3, -0.25) is 0 Å². The van der Waals surface area contributed by atoms with Crippen molar-refractivity contribution in [3.05, 3.63) is 33.9 Å². The number of rotatable bonds is 1. The maximum atomic E-state index is 13.1. The smallest absolute Gasteiger partial charge is 0.206 e. The predicted octanol–water partition coefficient (Wildman–Crippen LogP) is 4.63. The van der Waals surface area contributed by atoms with E-state index in [0.717, 1.165) is 17.4 Å². The number of benzene rings is 1. The van der Waals surface area contributed by atoms with Gasteiger partial charge in [0.1, 0.15) is 5.82 Å². The zero-order chi connectivity index (χ0) is 10.3. The molecule has 14 heavy (non-hydrogen) atoms. The number of thiophene rings is 1. The standard InChI is InChI=1S/C9H4ClF3S/c10-5-3-14-8-4(5)1-2-6(11)7(8)9(12)13/h1-3,9H. The Morgan fingerprint density at radius 2 is 2.00 bits per heavy atom. The second-order valence-electron chi connectivity index (χ2n) is 2.72. The zero-order valence-electron chi connectivity index (χ0n) is 6.73. The number of hydrogen-bond acceptors (Lipinski definition) is 1. The van der Waals surface area contributed by atoms with Gasteiger partial charge in [0, 0.05) is 15.5 Å². The molecule has 1 aromatic heterocycles. The van der Waals surface area contributed by atoms with Crippen LogP contribution in [0.1, 0.15) is 12.0 Å². The van der Waals surface area contributed by atoms with Crippen LogP contribution in [0.15, 0.2) is 17.5 Å². The van der Waals surface area contributed by atoms with Gasteiger partial charge in [-0.25, -0.2) is 13.2 Å². The summed E-state index contributed by atoms with van der Waals surface area (Å²) in [7, 11) is 0. The SMILES string of the molecule is Fc1ccc2c(Cl)csc2c1C(F)F. The van der Waals surface area contributed by atoms with Crippen LogP contribution < -0.4 is 0 Å². The van der Waals surface area contributed by atoms with E-state index in [1.807, 2.05) is 0 Å². The Morgan fingerprint density at radius 3 is 2.64 bits per heavy atom. The number of fused-ring (bicyclic) bond motifs is 1. The van der Waals surface area contributed by atoms with Crippen molar-refractivity contribution in [2.75, 3.05) is 0 Å². The summed E-state index contributed by atoms with van der Waals surface area (Å²) in [6.45, 7) is 0. The highest BCUT2D eigenvalue weighted by Crippen LogP contribution is 2.37. The van der Waals surface area contributed by atoms with Crippen LogP contribution in [0.25, 0.3) is 10.1 Å². The lowest BCUT2D eigenvalue weighted by Gasteiger charge is -2.02. The first kappa shape index (κ1) is 9.80. The normalized spacial score (nSPS) is 11.5. The van der Waals surface area contributed by atoms with Gasteiger partial charge in [-0.05, 0) is 12.1 Å². The van der Waals surface area contributed by atoms with Crippen molar-refractivity contribution in [3.8, 4) is 0 Å². The summed E-state index contributed by atoms with van der Waals surface area (Å²) < 4.78 is 38.3. The molecule has 0 N–H and O–H groups in total. The van der Waals surface area contributed by atoms with E-state index in [2.05, 4.69) is 0 Å². The topological polar surface area (TPSA) is 0 Å². The van der Waals surface area contributed by atoms with Crippen molar-refractivity contribution in [2.45, 2.75) is 6.43 Å². The minimum Gasteiger partial charge on any atom is -0.206 e. The molecule has 0 spiro atoms. The largest absolute Gasteiger partial charge is 0.268 e. The molecule has 2 rings (SSSR count). The fourth-order valence-electron chi connectivity index (χ4n) is 1.27. The lowest BCUT2D eigenvalue weighted by Crippen LogP contribution is -1.90. The molecule has 0 saturated carbocycles. The highest BCUT2D eigenvalue weighted by Gasteiger charge is 2.19. The first-order valence-corrected chi connectivity index (χ1v) is 5.00. The molecule has 0 amide bonds. The summed E-state index contributed by atoms with van der Waals surface area (Å²) in [6.07, 6.45) is -2.81. The Kier molecular flexibility index (Phi) is 2.41. The molecule has 0 radical (unpaired) electrons. The third kappa shape index (κ3) is 1.38. The third-order valence-corrected chi connectivity index (χ3v) is 3.37. The minimum atomic E-state index is -2.81. The van der Waals surface area contributed by atoms with Crippen LogP contribution >= 0.6 is 22.9 Å². The van der Waals surface area contributed by atoms with Crippen LogP contribution in [0.2, 0.25) is 5.02 Å². The molecule has 0 aliphatic rings. The number of halogens is 4. The average molecular weight is 237 g/mol. The Labute approximate surface area is 86.9 Å². The minimum absolute atomic E-state index is 0.227. The molecule has 0 bridgehead atoms. The van der Waals surface area contributed by atoms with E-state index >= 15 is 0 Å². The lowest BCUT2D eigenvalue weighted by atomic mass is 10.1. The molecule has 0 fully saturated rings. The lowest BCUT2D eigenvalue weighted by molar-refractivity contribution is 0.148. The highest BCUT2D eigenvalue weighted by molar-refractivity contribution is 7.18. The molecule has 0 unspecified atom stereocenters. The Balaban J connectivity index is 2.83. The molecular formula is C9H4ClF3S. The first-order chi connectivity index (χ1) is 6.61. The second-order valence-corrected chi connectivity index (χ2v) is 4.01. The molecule has 1 aromatic carbocycles. The van der Waals surface area contributed by atoms with Crippen LogP contribution in [-0.2, 0) is 0 Å². The maximum absolute atomic E-state index is 13.1. The van der Waals surface area contributed by atoms with Gasteiger partial charge in [-0.15, -0.1) is 11.3 Å². The van der Waals surface area contributed by atoms with Crippen molar-refractivity contribution in [3.63, 3.8) is 0 Å². The maximum Gasteiger partial charge on any atom is 0.268 e. The van der Waals surface area contributed by atoms with E-state index in [4.69, 9.17) is 11.6 Å². The van der Waals surface area contributed by atoms with E-state index < -0.39 is 17.8 Å². The Bertz CT molecular complexity index is 478. The molecule has 1 heterocycles. The Hall–Kier alpha value is -0.740. The fourth-order valence-corrected chi connectivity index (χ4v) is 2.58. The summed E-state index contributed by atoms with van der Waals surface area (Å²) in [4.78, 5) is 0. The van der Waals surface area contributed by atoms with E-state index in [1.165, 1.54) is 11.4 Å². The quantitative estimate of drug-likeness (QED) is 0.677. The molecule has 0 aliphatic heterocycles. The van der Waals surface area contributed by atoms with E-state index in [9.17, 15) is 13.2 Å². The number of alkyl halides is 2. The van der Waals surface area contributed by atoms with Crippen molar-refractivity contribution in [1.82, 2.24) is 0 Å². The van der Waals surface area contributed by atoms with Crippen molar-refractivity contribution >= 4 is 33.0 Å². The van der Waals surface area contributed by atoms with Crippen molar-refractivity contribution in [2.24, 2.45) is 0 Å². The molecule has 0 saturated heterocycles. The zero-order valence-corrected chi connectivity index (χ0v) is 8.30. The van der Waals surface area contributed by atoms with Crippen LogP contribution in [0, 0.1) is 5.82 Å². The van der Waals surface area contributed by atoms with Crippen LogP contribution in [-0.4, -0.2) is 0 Å². The summed E-state index contributed by atoms with van der Waals surface area (Å²) in [6, 6.07) is 2.43. The molecule has 0 aliphatic carbocycles. The van der Waals surface area contributed by atoms with Gasteiger partial charge >= 0.3 is 0 Å². The summed E-state index contributed by atoms with van der Waals surface area (Å²) in [5, 5.41) is 2.39. The van der Waals surface area contributed by atoms with E-state index in [1.54, 1.807) is 0 Å². The highest BCUT2D eigenvalue weighted by atomic mass is 35.5. The molecule has 2 aromatic rings. The van der Waals surface area contributed by atoms with Crippen LogP contribution in [0.4, 0.5) is 13.2 Å². The van der Waals surface area contributed by atoms with Gasteiger partial charge in [0.05, 0.1) is 10.6 Å². The van der Waals surface area contributed by atoms with Crippen LogP contribution in [0.5, 0.6) is 0 Å². The molecule has 0 nitrogen and oxygen atoms in total. The van der Waals surface area contributed by atoms with Gasteiger partial charge < -0.3 is 0 Å². The van der Waals surface area contributed by atoms with Crippen molar-refractivity contribution in [1.29, 1.82) is 0 Å². The van der Waals surface area contributed by atoms with Gasteiger partial charge in [0.2, 0.25) is 0 Å². The Morgan fingerprint density at radius 1 is 1.29 bits per heavy atom. The summed E-state index contributed by atoms with van der Waals surface area (Å²) >= 11 is 6.78.